The Morgan fingerprint density at radius 2 is 2.00 bits per heavy atom. The molecule has 4 heteroatoms. The summed E-state index contributed by atoms with van der Waals surface area (Å²) >= 11 is 0. The van der Waals surface area contributed by atoms with Crippen LogP contribution in [0.15, 0.2) is 30.3 Å². The molecule has 0 bridgehead atoms. The van der Waals surface area contributed by atoms with Crippen LogP contribution in [0.3, 0.4) is 0 Å². The largest absolute Gasteiger partial charge is 0.497 e. The number of aromatic nitrogens is 1. The number of carbonyl (C=O) groups is 1. The summed E-state index contributed by atoms with van der Waals surface area (Å²) in [5.74, 6) is 0.392. The van der Waals surface area contributed by atoms with Crippen LogP contribution in [-0.2, 0) is 0 Å². The molecule has 1 amide bonds. The van der Waals surface area contributed by atoms with Crippen LogP contribution in [-0.4, -0.2) is 17.6 Å². The number of amides is 1. The predicted octanol–water partition coefficient (Wildman–Crippen LogP) is 3.15. The molecule has 0 aliphatic heterocycles. The first-order chi connectivity index (χ1) is 9.45. The average Bonchev–Trinajstić information content (AvgIpc) is 2.76. The van der Waals surface area contributed by atoms with E-state index in [-0.39, 0.29) is 6.04 Å². The van der Waals surface area contributed by atoms with Gasteiger partial charge in [-0.3, -0.25) is 4.79 Å². The van der Waals surface area contributed by atoms with Gasteiger partial charge in [-0.1, -0.05) is 12.1 Å². The van der Waals surface area contributed by atoms with E-state index in [0.29, 0.717) is 5.56 Å². The first kappa shape index (κ1) is 14.2. The molecule has 106 valence electrons. The van der Waals surface area contributed by atoms with Gasteiger partial charge in [-0.25, -0.2) is 0 Å². The van der Waals surface area contributed by atoms with Crippen LogP contribution >= 0.6 is 0 Å². The molecule has 2 aromatic rings. The van der Waals surface area contributed by atoms with Crippen molar-refractivity contribution < 1.29 is 9.53 Å². The molecular weight excluding hydrogens is 252 g/mol. The number of ether oxygens (including phenoxy) is 1. The van der Waals surface area contributed by atoms with Crippen molar-refractivity contribution in [1.82, 2.24) is 4.57 Å². The molecule has 0 aliphatic carbocycles. The number of hydrogen-bond acceptors (Lipinski definition) is 2. The number of nitrogens with zero attached hydrogens (tertiary/aromatic N) is 1. The lowest BCUT2D eigenvalue weighted by molar-refractivity contribution is 0.0999. The van der Waals surface area contributed by atoms with Gasteiger partial charge in [0, 0.05) is 23.0 Å². The molecule has 2 N–H and O–H groups in total. The van der Waals surface area contributed by atoms with E-state index in [4.69, 9.17) is 10.5 Å². The summed E-state index contributed by atoms with van der Waals surface area (Å²) in [6, 6.07) is 9.88. The van der Waals surface area contributed by atoms with Gasteiger partial charge in [0.05, 0.1) is 12.7 Å². The van der Waals surface area contributed by atoms with Crippen molar-refractivity contribution in [2.24, 2.45) is 5.73 Å². The molecule has 4 nitrogen and oxygen atoms in total. The van der Waals surface area contributed by atoms with Gasteiger partial charge in [0.25, 0.3) is 5.91 Å². The molecule has 0 fully saturated rings. The molecule has 20 heavy (non-hydrogen) atoms. The summed E-state index contributed by atoms with van der Waals surface area (Å²) in [4.78, 5) is 11.5. The number of primary amides is 1. The van der Waals surface area contributed by atoms with Crippen molar-refractivity contribution in [3.05, 3.63) is 41.6 Å². The van der Waals surface area contributed by atoms with Crippen molar-refractivity contribution in [1.29, 1.82) is 0 Å². The number of methoxy groups -OCH3 is 1. The van der Waals surface area contributed by atoms with Gasteiger partial charge in [-0.15, -0.1) is 0 Å². The highest BCUT2D eigenvalue weighted by molar-refractivity contribution is 5.95. The van der Waals surface area contributed by atoms with Crippen LogP contribution in [0.25, 0.3) is 11.3 Å². The minimum absolute atomic E-state index is 0.240. The van der Waals surface area contributed by atoms with Crippen molar-refractivity contribution in [3.63, 3.8) is 0 Å². The predicted molar refractivity (Wildman–Crippen MR) is 80.1 cm³/mol. The zero-order valence-corrected chi connectivity index (χ0v) is 12.3. The van der Waals surface area contributed by atoms with Crippen molar-refractivity contribution in [2.75, 3.05) is 7.11 Å². The third-order valence-corrected chi connectivity index (χ3v) is 3.44. The van der Waals surface area contributed by atoms with E-state index in [1.165, 1.54) is 0 Å². The van der Waals surface area contributed by atoms with Crippen LogP contribution in [0.4, 0.5) is 0 Å². The Labute approximate surface area is 119 Å². The van der Waals surface area contributed by atoms with Gasteiger partial charge < -0.3 is 15.0 Å². The van der Waals surface area contributed by atoms with Crippen LogP contribution in [0.1, 0.15) is 35.9 Å². The molecule has 2 rings (SSSR count). The Hall–Kier alpha value is -2.23. The Kier molecular flexibility index (Phi) is 3.84. The molecule has 0 saturated heterocycles. The Morgan fingerprint density at radius 3 is 2.55 bits per heavy atom. The Bertz CT molecular complexity index is 642. The molecule has 0 spiro atoms. The molecule has 0 atom stereocenters. The SMILES string of the molecule is COc1cccc(-c2cc(C(N)=O)c(C)n2C(C)C)c1. The topological polar surface area (TPSA) is 57.2 Å². The third kappa shape index (κ3) is 2.41. The fraction of sp³-hybridized carbons (Fsp3) is 0.312. The van der Waals surface area contributed by atoms with Crippen molar-refractivity contribution in [3.8, 4) is 17.0 Å². The number of hydrogen-bond donors (Lipinski definition) is 1. The molecule has 0 saturated carbocycles. The lowest BCUT2D eigenvalue weighted by Crippen LogP contribution is -2.13. The maximum Gasteiger partial charge on any atom is 0.250 e. The second-order valence-corrected chi connectivity index (χ2v) is 5.09. The van der Waals surface area contributed by atoms with Crippen LogP contribution < -0.4 is 10.5 Å². The van der Waals surface area contributed by atoms with Gasteiger partial charge in [0.15, 0.2) is 0 Å². The van der Waals surface area contributed by atoms with Crippen molar-refractivity contribution >= 4 is 5.91 Å². The summed E-state index contributed by atoms with van der Waals surface area (Å²) in [6.07, 6.45) is 0. The van der Waals surface area contributed by atoms with Gasteiger partial charge in [-0.2, -0.15) is 0 Å². The van der Waals surface area contributed by atoms with E-state index in [9.17, 15) is 4.79 Å². The summed E-state index contributed by atoms with van der Waals surface area (Å²) in [6.45, 7) is 6.09. The summed E-state index contributed by atoms with van der Waals surface area (Å²) < 4.78 is 7.38. The summed E-state index contributed by atoms with van der Waals surface area (Å²) in [5, 5.41) is 0. The normalized spacial score (nSPS) is 10.8. The van der Waals surface area contributed by atoms with Crippen LogP contribution in [0.2, 0.25) is 0 Å². The maximum atomic E-state index is 11.5. The first-order valence-electron chi connectivity index (χ1n) is 6.61. The molecule has 1 aromatic heterocycles. The molecule has 1 heterocycles. The standard InChI is InChI=1S/C16H20N2O2/c1-10(2)18-11(3)14(16(17)19)9-15(18)12-6-5-7-13(8-12)20-4/h5-10H,1-4H3,(H2,17,19). The second kappa shape index (κ2) is 5.41. The first-order valence-corrected chi connectivity index (χ1v) is 6.61. The molecule has 1 aromatic carbocycles. The van der Waals surface area contributed by atoms with E-state index in [1.54, 1.807) is 7.11 Å². The number of benzene rings is 1. The van der Waals surface area contributed by atoms with E-state index >= 15 is 0 Å². The van der Waals surface area contributed by atoms with Crippen LogP contribution in [0, 0.1) is 6.92 Å². The van der Waals surface area contributed by atoms with Gasteiger partial charge in [0.1, 0.15) is 5.75 Å². The minimum Gasteiger partial charge on any atom is -0.497 e. The molecular formula is C16H20N2O2. The highest BCUT2D eigenvalue weighted by Crippen LogP contribution is 2.30. The molecule has 0 aliphatic rings. The lowest BCUT2D eigenvalue weighted by Gasteiger charge is -2.16. The van der Waals surface area contributed by atoms with Gasteiger partial charge in [0.2, 0.25) is 0 Å². The summed E-state index contributed by atoms with van der Waals surface area (Å²) in [7, 11) is 1.64. The zero-order chi connectivity index (χ0) is 14.9. The highest BCUT2D eigenvalue weighted by atomic mass is 16.5. The summed E-state index contributed by atoms with van der Waals surface area (Å²) in [5.41, 5.74) is 8.90. The second-order valence-electron chi connectivity index (χ2n) is 5.09. The van der Waals surface area contributed by atoms with Crippen molar-refractivity contribution in [2.45, 2.75) is 26.8 Å². The minimum atomic E-state index is -0.397. The fourth-order valence-corrected chi connectivity index (χ4v) is 2.54. The number of nitrogens with two attached hydrogens (primary N) is 1. The Morgan fingerprint density at radius 1 is 1.30 bits per heavy atom. The lowest BCUT2D eigenvalue weighted by atomic mass is 10.1. The molecule has 0 unspecified atom stereocenters. The number of carbonyl (C=O) groups excluding carboxylic acids is 1. The average molecular weight is 272 g/mol. The maximum absolute atomic E-state index is 11.5. The molecule has 0 radical (unpaired) electrons. The third-order valence-electron chi connectivity index (χ3n) is 3.44. The Balaban J connectivity index is 2.66. The monoisotopic (exact) mass is 272 g/mol. The zero-order valence-electron chi connectivity index (χ0n) is 12.3. The quantitative estimate of drug-likeness (QED) is 0.929. The number of rotatable bonds is 4. The smallest absolute Gasteiger partial charge is 0.250 e. The van der Waals surface area contributed by atoms with Crippen LogP contribution in [0.5, 0.6) is 5.75 Å². The van der Waals surface area contributed by atoms with E-state index in [0.717, 1.165) is 22.7 Å². The highest BCUT2D eigenvalue weighted by Gasteiger charge is 2.18. The van der Waals surface area contributed by atoms with E-state index in [2.05, 4.69) is 18.4 Å². The van der Waals surface area contributed by atoms with Gasteiger partial charge >= 0.3 is 0 Å². The fourth-order valence-electron chi connectivity index (χ4n) is 2.54. The van der Waals surface area contributed by atoms with E-state index < -0.39 is 5.91 Å². The van der Waals surface area contributed by atoms with Gasteiger partial charge in [-0.05, 0) is 39.0 Å². The van der Waals surface area contributed by atoms with E-state index in [1.807, 2.05) is 37.3 Å².